The van der Waals surface area contributed by atoms with Gasteiger partial charge in [-0.25, -0.2) is 8.42 Å². The predicted molar refractivity (Wildman–Crippen MR) is 89.7 cm³/mol. The van der Waals surface area contributed by atoms with E-state index in [-0.39, 0.29) is 0 Å². The Morgan fingerprint density at radius 2 is 1.90 bits per heavy atom. The van der Waals surface area contributed by atoms with E-state index < -0.39 is 9.84 Å². The van der Waals surface area contributed by atoms with Gasteiger partial charge in [0.15, 0.2) is 9.84 Å². The van der Waals surface area contributed by atoms with Crippen molar-refractivity contribution in [1.29, 1.82) is 0 Å². The van der Waals surface area contributed by atoms with Crippen LogP contribution in [0.2, 0.25) is 0 Å². The van der Waals surface area contributed by atoms with Gasteiger partial charge in [-0.2, -0.15) is 0 Å². The van der Waals surface area contributed by atoms with E-state index in [4.69, 9.17) is 0 Å². The van der Waals surface area contributed by atoms with Crippen LogP contribution >= 0.6 is 11.8 Å². The molecule has 21 heavy (non-hydrogen) atoms. The molecule has 1 aliphatic carbocycles. The van der Waals surface area contributed by atoms with E-state index >= 15 is 0 Å². The molecule has 3 nitrogen and oxygen atoms in total. The van der Waals surface area contributed by atoms with Crippen LogP contribution in [-0.2, 0) is 9.84 Å². The Bertz CT molecular complexity index is 579. The highest BCUT2D eigenvalue weighted by molar-refractivity contribution is 8.00. The Labute approximate surface area is 132 Å². The predicted octanol–water partition coefficient (Wildman–Crippen LogP) is 3.35. The molecule has 0 bridgehead atoms. The van der Waals surface area contributed by atoms with E-state index in [9.17, 15) is 8.42 Å². The van der Waals surface area contributed by atoms with Crippen molar-refractivity contribution in [3.05, 3.63) is 24.3 Å². The largest absolute Gasteiger partial charge is 0.313 e. The summed E-state index contributed by atoms with van der Waals surface area (Å²) in [5.74, 6) is 0. The van der Waals surface area contributed by atoms with Gasteiger partial charge < -0.3 is 5.32 Å². The Hall–Kier alpha value is -0.520. The van der Waals surface area contributed by atoms with Crippen LogP contribution in [0.3, 0.4) is 0 Å². The van der Waals surface area contributed by atoms with E-state index in [0.29, 0.717) is 21.6 Å². The molecule has 0 heterocycles. The number of thioether (sulfide) groups is 1. The van der Waals surface area contributed by atoms with Crippen molar-refractivity contribution in [2.75, 3.05) is 12.8 Å². The lowest BCUT2D eigenvalue weighted by atomic mass is 9.87. The van der Waals surface area contributed by atoms with Crippen LogP contribution < -0.4 is 5.32 Å². The maximum absolute atomic E-state index is 11.5. The van der Waals surface area contributed by atoms with E-state index in [1.165, 1.54) is 19.1 Å². The van der Waals surface area contributed by atoms with Gasteiger partial charge in [0.1, 0.15) is 0 Å². The lowest BCUT2D eigenvalue weighted by molar-refractivity contribution is 0.290. The molecule has 0 aliphatic heterocycles. The quantitative estimate of drug-likeness (QED) is 0.901. The van der Waals surface area contributed by atoms with Crippen LogP contribution in [0.5, 0.6) is 0 Å². The fourth-order valence-electron chi connectivity index (χ4n) is 3.03. The number of hydrogen-bond acceptors (Lipinski definition) is 4. The van der Waals surface area contributed by atoms with Gasteiger partial charge in [0, 0.05) is 22.4 Å². The molecule has 1 N–H and O–H groups in total. The summed E-state index contributed by atoms with van der Waals surface area (Å²) in [5.41, 5.74) is 0.320. The minimum Gasteiger partial charge on any atom is -0.313 e. The summed E-state index contributed by atoms with van der Waals surface area (Å²) in [7, 11) is -3.11. The van der Waals surface area contributed by atoms with Gasteiger partial charge in [0.25, 0.3) is 0 Å². The Morgan fingerprint density at radius 1 is 1.29 bits per heavy atom. The molecule has 5 heteroatoms. The fraction of sp³-hybridized carbons (Fsp3) is 0.625. The molecule has 0 amide bonds. The summed E-state index contributed by atoms with van der Waals surface area (Å²) in [5, 5.41) is 4.17. The number of hydrogen-bond donors (Lipinski definition) is 1. The van der Waals surface area contributed by atoms with Crippen molar-refractivity contribution >= 4 is 21.6 Å². The van der Waals surface area contributed by atoms with E-state index in [1.807, 2.05) is 23.9 Å². The highest BCUT2D eigenvalue weighted by atomic mass is 32.2. The summed E-state index contributed by atoms with van der Waals surface area (Å²) >= 11 is 1.86. The van der Waals surface area contributed by atoms with Gasteiger partial charge >= 0.3 is 0 Å². The third-order valence-electron chi connectivity index (χ3n) is 4.25. The Balaban J connectivity index is 2.11. The number of benzene rings is 1. The molecule has 0 radical (unpaired) electrons. The summed E-state index contributed by atoms with van der Waals surface area (Å²) < 4.78 is 23.0. The number of nitrogens with one attached hydrogen (secondary N) is 1. The van der Waals surface area contributed by atoms with Crippen molar-refractivity contribution in [3.8, 4) is 0 Å². The molecule has 118 valence electrons. The maximum atomic E-state index is 11.5. The molecule has 1 fully saturated rings. The lowest BCUT2D eigenvalue weighted by Crippen LogP contribution is -2.43. The van der Waals surface area contributed by atoms with Crippen molar-refractivity contribution in [3.63, 3.8) is 0 Å². The van der Waals surface area contributed by atoms with Gasteiger partial charge in [-0.3, -0.25) is 0 Å². The zero-order valence-corrected chi connectivity index (χ0v) is 14.9. The third kappa shape index (κ3) is 4.02. The van der Waals surface area contributed by atoms with Crippen molar-refractivity contribution in [2.45, 2.75) is 54.7 Å². The minimum absolute atomic E-state index is 0.320. The number of rotatable bonds is 5. The first-order valence-corrected chi connectivity index (χ1v) is 10.2. The molecule has 2 atom stereocenters. The van der Waals surface area contributed by atoms with Crippen molar-refractivity contribution in [1.82, 2.24) is 5.32 Å². The zero-order valence-electron chi connectivity index (χ0n) is 13.2. The summed E-state index contributed by atoms with van der Waals surface area (Å²) in [6.07, 6.45) is 3.67. The zero-order chi connectivity index (χ0) is 15.7. The maximum Gasteiger partial charge on any atom is 0.175 e. The first kappa shape index (κ1) is 16.8. The molecule has 0 spiro atoms. The Kier molecular flexibility index (Phi) is 5.06. The second-order valence-electron chi connectivity index (χ2n) is 6.46. The molecular formula is C16H25NO2S2. The van der Waals surface area contributed by atoms with Crippen molar-refractivity contribution < 1.29 is 8.42 Å². The molecule has 1 aliphatic rings. The van der Waals surface area contributed by atoms with Crippen LogP contribution in [0.15, 0.2) is 34.1 Å². The van der Waals surface area contributed by atoms with Gasteiger partial charge in [-0.15, -0.1) is 11.8 Å². The molecular weight excluding hydrogens is 302 g/mol. The van der Waals surface area contributed by atoms with Crippen LogP contribution in [0.1, 0.15) is 33.6 Å². The topological polar surface area (TPSA) is 46.2 Å². The van der Waals surface area contributed by atoms with Crippen molar-refractivity contribution in [2.24, 2.45) is 5.41 Å². The van der Waals surface area contributed by atoms with Crippen LogP contribution in [0, 0.1) is 5.41 Å². The van der Waals surface area contributed by atoms with Crippen LogP contribution in [-0.4, -0.2) is 32.5 Å². The van der Waals surface area contributed by atoms with Crippen LogP contribution in [0.25, 0.3) is 0 Å². The first-order valence-electron chi connectivity index (χ1n) is 7.44. The van der Waals surface area contributed by atoms with E-state index in [1.54, 1.807) is 12.1 Å². The number of sulfone groups is 1. The molecule has 1 aromatic rings. The molecule has 1 aromatic carbocycles. The molecule has 2 rings (SSSR count). The minimum atomic E-state index is -3.11. The SMILES string of the molecule is CCNC1C(Sc2ccc(S(C)(=O)=O)cc2)CCC1(C)C. The fourth-order valence-corrected chi connectivity index (χ4v) is 5.14. The van der Waals surface area contributed by atoms with Gasteiger partial charge in [-0.1, -0.05) is 20.8 Å². The summed E-state index contributed by atoms with van der Waals surface area (Å²) in [6.45, 7) is 7.79. The third-order valence-corrected chi connectivity index (χ3v) is 6.73. The average Bonchev–Trinajstić information content (AvgIpc) is 2.66. The second kappa shape index (κ2) is 6.31. The lowest BCUT2D eigenvalue weighted by Gasteiger charge is -2.31. The van der Waals surface area contributed by atoms with Gasteiger partial charge in [0.05, 0.1) is 4.90 Å². The van der Waals surface area contributed by atoms with E-state index in [0.717, 1.165) is 11.4 Å². The van der Waals surface area contributed by atoms with Crippen LogP contribution in [0.4, 0.5) is 0 Å². The average molecular weight is 328 g/mol. The molecule has 0 aromatic heterocycles. The monoisotopic (exact) mass is 327 g/mol. The van der Waals surface area contributed by atoms with Gasteiger partial charge in [0.2, 0.25) is 0 Å². The van der Waals surface area contributed by atoms with E-state index in [2.05, 4.69) is 26.1 Å². The highest BCUT2D eigenvalue weighted by Gasteiger charge is 2.41. The smallest absolute Gasteiger partial charge is 0.175 e. The highest BCUT2D eigenvalue weighted by Crippen LogP contribution is 2.45. The normalized spacial score (nSPS) is 25.1. The molecule has 2 unspecified atom stereocenters. The van der Waals surface area contributed by atoms with Gasteiger partial charge in [-0.05, 0) is 49.1 Å². The summed E-state index contributed by atoms with van der Waals surface area (Å²) in [4.78, 5) is 1.54. The summed E-state index contributed by atoms with van der Waals surface area (Å²) in [6, 6.07) is 7.77. The standard InChI is InChI=1S/C16H25NO2S2/c1-5-17-15-14(10-11-16(15,2)3)20-12-6-8-13(9-7-12)21(4,18)19/h6-9,14-15,17H,5,10-11H2,1-4H3. The molecule has 1 saturated carbocycles. The first-order chi connectivity index (χ1) is 9.74. The molecule has 0 saturated heterocycles. The second-order valence-corrected chi connectivity index (χ2v) is 9.79. The Morgan fingerprint density at radius 3 is 2.43 bits per heavy atom.